The molecule has 1 aromatic carbocycles. The van der Waals surface area contributed by atoms with Gasteiger partial charge in [0.2, 0.25) is 0 Å². The lowest BCUT2D eigenvalue weighted by molar-refractivity contribution is -0.385. The molecule has 0 saturated heterocycles. The quantitative estimate of drug-likeness (QED) is 0.264. The Bertz CT molecular complexity index is 895. The Morgan fingerprint density at radius 1 is 1.29 bits per heavy atom. The fourth-order valence-corrected chi connectivity index (χ4v) is 3.10. The van der Waals surface area contributed by atoms with Gasteiger partial charge in [-0.25, -0.2) is 4.98 Å². The van der Waals surface area contributed by atoms with E-state index in [2.05, 4.69) is 9.38 Å². The third-order valence-corrected chi connectivity index (χ3v) is 4.40. The minimum atomic E-state index is -4.14. The maximum Gasteiger partial charge on any atom is 0.284 e. The van der Waals surface area contributed by atoms with Crippen LogP contribution in [-0.4, -0.2) is 43.7 Å². The monoisotopic (exact) mass is 368 g/mol. The molecule has 0 atom stereocenters. The molecule has 0 unspecified atom stereocenters. The second-order valence-electron chi connectivity index (χ2n) is 4.97. The van der Waals surface area contributed by atoms with Crippen LogP contribution in [0.15, 0.2) is 45.8 Å². The van der Waals surface area contributed by atoms with E-state index in [4.69, 9.17) is 11.6 Å². The minimum absolute atomic E-state index is 0.246. The Labute approximate surface area is 143 Å². The molecule has 0 radical (unpaired) electrons. The largest absolute Gasteiger partial charge is 0.368 e. The van der Waals surface area contributed by atoms with Crippen LogP contribution in [0.5, 0.6) is 0 Å². The first-order valence-corrected chi connectivity index (χ1v) is 8.40. The molecule has 0 amide bonds. The summed E-state index contributed by atoms with van der Waals surface area (Å²) >= 11 is 5.73. The highest BCUT2D eigenvalue weighted by Crippen LogP contribution is 2.31. The van der Waals surface area contributed by atoms with Crippen LogP contribution >= 0.6 is 11.6 Å². The molecule has 0 saturated carbocycles. The molecule has 2 aromatic rings. The lowest BCUT2D eigenvalue weighted by Crippen LogP contribution is -2.10. The predicted octanol–water partition coefficient (Wildman–Crippen LogP) is 2.59. The molecule has 8 nitrogen and oxygen atoms in total. The molecule has 126 valence electrons. The molecular formula is C14H13ClN4O4S. The van der Waals surface area contributed by atoms with E-state index in [9.17, 15) is 18.5 Å². The van der Waals surface area contributed by atoms with E-state index in [1.165, 1.54) is 29.3 Å². The van der Waals surface area contributed by atoms with E-state index < -0.39 is 14.9 Å². The maximum absolute atomic E-state index is 12.5. The van der Waals surface area contributed by atoms with Crippen molar-refractivity contribution in [3.05, 3.63) is 51.8 Å². The number of pyridine rings is 1. The molecule has 0 aliphatic heterocycles. The molecule has 0 bridgehead atoms. The molecule has 10 heteroatoms. The van der Waals surface area contributed by atoms with Gasteiger partial charge in [-0.1, -0.05) is 11.6 Å². The Hall–Kier alpha value is -2.52. The van der Waals surface area contributed by atoms with Crippen molar-refractivity contribution in [1.82, 2.24) is 9.88 Å². The highest BCUT2D eigenvalue weighted by molar-refractivity contribution is 7.90. The number of non-ortho nitro benzene ring substituents is 1. The molecule has 1 heterocycles. The number of aromatic nitrogens is 1. The number of sulfonamides is 1. The summed E-state index contributed by atoms with van der Waals surface area (Å²) < 4.78 is 28.5. The molecular weight excluding hydrogens is 356 g/mol. The van der Waals surface area contributed by atoms with Gasteiger partial charge in [-0.2, -0.15) is 8.42 Å². The van der Waals surface area contributed by atoms with Gasteiger partial charge in [-0.15, -0.1) is 4.40 Å². The van der Waals surface area contributed by atoms with Crippen molar-refractivity contribution < 1.29 is 13.3 Å². The summed E-state index contributed by atoms with van der Waals surface area (Å²) in [4.78, 5) is 15.4. The summed E-state index contributed by atoms with van der Waals surface area (Å²) in [7, 11) is -0.922. The lowest BCUT2D eigenvalue weighted by Gasteiger charge is -2.09. The van der Waals surface area contributed by atoms with Gasteiger partial charge < -0.3 is 4.90 Å². The van der Waals surface area contributed by atoms with Gasteiger partial charge in [-0.3, -0.25) is 10.1 Å². The molecule has 0 fully saturated rings. The average Bonchev–Trinajstić information content (AvgIpc) is 2.53. The Kier molecular flexibility index (Phi) is 5.15. The number of hydrogen-bond acceptors (Lipinski definition) is 5. The first kappa shape index (κ1) is 17.8. The Balaban J connectivity index is 2.68. The average molecular weight is 369 g/mol. The van der Waals surface area contributed by atoms with Crippen molar-refractivity contribution in [3.8, 4) is 11.1 Å². The summed E-state index contributed by atoms with van der Waals surface area (Å²) in [6, 6.07) is 6.62. The van der Waals surface area contributed by atoms with E-state index in [0.717, 1.165) is 12.4 Å². The van der Waals surface area contributed by atoms with Crippen LogP contribution in [0.2, 0.25) is 5.15 Å². The number of benzene rings is 1. The molecule has 0 aliphatic carbocycles. The van der Waals surface area contributed by atoms with Crippen molar-refractivity contribution in [1.29, 1.82) is 0 Å². The van der Waals surface area contributed by atoms with Crippen LogP contribution < -0.4 is 0 Å². The molecule has 1 aromatic heterocycles. The normalized spacial score (nSPS) is 11.6. The van der Waals surface area contributed by atoms with Gasteiger partial charge in [-0.05, 0) is 18.2 Å². The summed E-state index contributed by atoms with van der Waals surface area (Å²) in [6.07, 6.45) is 2.50. The Morgan fingerprint density at radius 3 is 2.54 bits per heavy atom. The fourth-order valence-electron chi connectivity index (χ4n) is 1.82. The predicted molar refractivity (Wildman–Crippen MR) is 90.7 cm³/mol. The number of halogens is 1. The van der Waals surface area contributed by atoms with E-state index >= 15 is 0 Å². The minimum Gasteiger partial charge on any atom is -0.368 e. The van der Waals surface area contributed by atoms with Crippen LogP contribution in [-0.2, 0) is 10.0 Å². The van der Waals surface area contributed by atoms with Crippen LogP contribution in [0.4, 0.5) is 5.69 Å². The second kappa shape index (κ2) is 6.93. The van der Waals surface area contributed by atoms with Gasteiger partial charge in [0, 0.05) is 43.6 Å². The topological polar surface area (TPSA) is 106 Å². The standard InChI is InChI=1S/C14H13ClN4O4S/c1-18(2)9-17-24(22,23)13-7-11(19(20)21)4-5-12(13)10-3-6-14(15)16-8-10/h3-9H,1-2H3/b17-9+. The third-order valence-electron chi connectivity index (χ3n) is 2.91. The maximum atomic E-state index is 12.5. The molecule has 0 spiro atoms. The van der Waals surface area contributed by atoms with Crippen LogP contribution in [0.25, 0.3) is 11.1 Å². The van der Waals surface area contributed by atoms with Crippen LogP contribution in [0.3, 0.4) is 0 Å². The van der Waals surface area contributed by atoms with Crippen molar-refractivity contribution in [2.24, 2.45) is 4.40 Å². The SMILES string of the molecule is CN(C)/C=N/S(=O)(=O)c1cc([N+](=O)[O-])ccc1-c1ccc(Cl)nc1. The number of rotatable bonds is 5. The van der Waals surface area contributed by atoms with Crippen LogP contribution in [0.1, 0.15) is 0 Å². The summed E-state index contributed by atoms with van der Waals surface area (Å²) in [6.45, 7) is 0. The van der Waals surface area contributed by atoms with E-state index in [-0.39, 0.29) is 21.3 Å². The number of nitrogens with zero attached hydrogens (tertiary/aromatic N) is 4. The summed E-state index contributed by atoms with van der Waals surface area (Å²) in [5.74, 6) is 0. The summed E-state index contributed by atoms with van der Waals surface area (Å²) in [5, 5.41) is 11.2. The van der Waals surface area contributed by atoms with Gasteiger partial charge >= 0.3 is 0 Å². The van der Waals surface area contributed by atoms with E-state index in [1.807, 2.05) is 0 Å². The zero-order chi connectivity index (χ0) is 17.9. The van der Waals surface area contributed by atoms with E-state index in [1.54, 1.807) is 20.2 Å². The van der Waals surface area contributed by atoms with Crippen molar-refractivity contribution in [2.75, 3.05) is 14.1 Å². The zero-order valence-corrected chi connectivity index (χ0v) is 14.3. The van der Waals surface area contributed by atoms with Crippen molar-refractivity contribution in [3.63, 3.8) is 0 Å². The number of hydrogen-bond donors (Lipinski definition) is 0. The Morgan fingerprint density at radius 2 is 2.00 bits per heavy atom. The number of nitro groups is 1. The van der Waals surface area contributed by atoms with E-state index in [0.29, 0.717) is 5.56 Å². The lowest BCUT2D eigenvalue weighted by atomic mass is 10.1. The highest BCUT2D eigenvalue weighted by Gasteiger charge is 2.22. The molecule has 0 aliphatic rings. The molecule has 24 heavy (non-hydrogen) atoms. The van der Waals surface area contributed by atoms with Crippen molar-refractivity contribution >= 4 is 33.7 Å². The number of nitro benzene ring substituents is 1. The highest BCUT2D eigenvalue weighted by atomic mass is 35.5. The van der Waals surface area contributed by atoms with Crippen molar-refractivity contribution in [2.45, 2.75) is 4.90 Å². The molecule has 0 N–H and O–H groups in total. The third kappa shape index (κ3) is 4.06. The smallest absolute Gasteiger partial charge is 0.284 e. The first-order chi connectivity index (χ1) is 11.2. The second-order valence-corrected chi connectivity index (χ2v) is 6.95. The zero-order valence-electron chi connectivity index (χ0n) is 12.7. The molecule has 2 rings (SSSR count). The van der Waals surface area contributed by atoms with Crippen LogP contribution in [0, 0.1) is 10.1 Å². The van der Waals surface area contributed by atoms with Gasteiger partial charge in [0.25, 0.3) is 15.7 Å². The van der Waals surface area contributed by atoms with Gasteiger partial charge in [0.1, 0.15) is 16.4 Å². The first-order valence-electron chi connectivity index (χ1n) is 6.58. The van der Waals surface area contributed by atoms with Gasteiger partial charge in [0.15, 0.2) is 0 Å². The fraction of sp³-hybridized carbons (Fsp3) is 0.143. The summed E-state index contributed by atoms with van der Waals surface area (Å²) in [5.41, 5.74) is 0.355. The van der Waals surface area contributed by atoms with Gasteiger partial charge in [0.05, 0.1) is 4.92 Å².